The normalized spacial score (nSPS) is 12.7. The van der Waals surface area contributed by atoms with E-state index in [9.17, 15) is 14.4 Å². The molecule has 65 heavy (non-hydrogen) atoms. The number of hydrogen-bond donors (Lipinski definition) is 0. The van der Waals surface area contributed by atoms with Gasteiger partial charge in [0.15, 0.2) is 6.10 Å². The quantitative estimate of drug-likeness (QED) is 0.0262. The van der Waals surface area contributed by atoms with Gasteiger partial charge < -0.3 is 14.2 Å². The number of rotatable bonds is 48. The summed E-state index contributed by atoms with van der Waals surface area (Å²) in [7, 11) is 0. The third kappa shape index (κ3) is 51.4. The first-order valence-corrected chi connectivity index (χ1v) is 27.1. The number of ether oxygens (including phenoxy) is 3. The predicted octanol–water partition coefficient (Wildman–Crippen LogP) is 18.0. The fourth-order valence-corrected chi connectivity index (χ4v) is 7.33. The molecule has 0 aromatic heterocycles. The first-order valence-electron chi connectivity index (χ1n) is 27.1. The molecule has 0 radical (unpaired) electrons. The minimum atomic E-state index is -0.801. The predicted molar refractivity (Wildman–Crippen MR) is 279 cm³/mol. The van der Waals surface area contributed by atoms with Crippen molar-refractivity contribution in [1.82, 2.24) is 0 Å². The number of esters is 3. The lowest BCUT2D eigenvalue weighted by atomic mass is 10.0. The summed E-state index contributed by atoms with van der Waals surface area (Å²) in [5.74, 6) is -0.961. The third-order valence-corrected chi connectivity index (χ3v) is 11.4. The molecule has 0 aliphatic carbocycles. The van der Waals surface area contributed by atoms with Gasteiger partial charge in [0.25, 0.3) is 0 Å². The van der Waals surface area contributed by atoms with Gasteiger partial charge in [0, 0.05) is 19.3 Å². The van der Waals surface area contributed by atoms with Crippen LogP contribution < -0.4 is 0 Å². The Morgan fingerprint density at radius 3 is 1.03 bits per heavy atom. The van der Waals surface area contributed by atoms with Gasteiger partial charge in [-0.2, -0.15) is 0 Å². The van der Waals surface area contributed by atoms with E-state index in [4.69, 9.17) is 14.2 Å². The second-order valence-corrected chi connectivity index (χ2v) is 17.8. The smallest absolute Gasteiger partial charge is 0.306 e. The van der Waals surface area contributed by atoms with Gasteiger partial charge in [-0.25, -0.2) is 0 Å². The lowest BCUT2D eigenvalue weighted by Crippen LogP contribution is -2.30. The first-order chi connectivity index (χ1) is 32.0. The van der Waals surface area contributed by atoms with E-state index in [1.165, 1.54) is 116 Å². The third-order valence-electron chi connectivity index (χ3n) is 11.4. The molecule has 6 nitrogen and oxygen atoms in total. The molecule has 0 saturated heterocycles. The van der Waals surface area contributed by atoms with Gasteiger partial charge in [0.2, 0.25) is 0 Å². The van der Waals surface area contributed by atoms with Crippen molar-refractivity contribution in [2.75, 3.05) is 13.2 Å². The Morgan fingerprint density at radius 2 is 0.615 bits per heavy atom. The molecule has 6 heteroatoms. The van der Waals surface area contributed by atoms with E-state index in [0.717, 1.165) is 89.9 Å². The van der Waals surface area contributed by atoms with Crippen LogP contribution in [0.25, 0.3) is 0 Å². The van der Waals surface area contributed by atoms with Gasteiger partial charge in [0.1, 0.15) is 13.2 Å². The summed E-state index contributed by atoms with van der Waals surface area (Å²) >= 11 is 0. The molecule has 0 aromatic carbocycles. The van der Waals surface area contributed by atoms with Crippen LogP contribution in [0.5, 0.6) is 0 Å². The minimum Gasteiger partial charge on any atom is -0.462 e. The SMILES string of the molecule is CC/C=C\C/C=C\C/C=C\C/C=C\C/C=C\CCCC(=O)OC[C@H](COC(=O)CCCCCCCCC/C=C\C/C=C\CCCCC)OC(=O)CCCCCCCCCCCCCCC. The van der Waals surface area contributed by atoms with E-state index in [1.807, 2.05) is 0 Å². The molecule has 0 aliphatic heterocycles. The molecule has 0 spiro atoms. The molecule has 372 valence electrons. The van der Waals surface area contributed by atoms with Gasteiger partial charge in [-0.15, -0.1) is 0 Å². The number of hydrogen-bond acceptors (Lipinski definition) is 6. The van der Waals surface area contributed by atoms with Crippen molar-refractivity contribution in [1.29, 1.82) is 0 Å². The zero-order valence-corrected chi connectivity index (χ0v) is 42.5. The molecular weight excluding hydrogens is 805 g/mol. The summed E-state index contributed by atoms with van der Waals surface area (Å²) in [5.41, 5.74) is 0. The second kappa shape index (κ2) is 53.2. The monoisotopic (exact) mass is 905 g/mol. The average Bonchev–Trinajstić information content (AvgIpc) is 3.30. The molecule has 0 fully saturated rings. The number of allylic oxidation sites excluding steroid dienone is 14. The van der Waals surface area contributed by atoms with E-state index < -0.39 is 6.10 Å². The van der Waals surface area contributed by atoms with E-state index in [2.05, 4.69) is 106 Å². The van der Waals surface area contributed by atoms with Gasteiger partial charge in [-0.3, -0.25) is 14.4 Å². The van der Waals surface area contributed by atoms with Crippen molar-refractivity contribution < 1.29 is 28.6 Å². The van der Waals surface area contributed by atoms with Crippen molar-refractivity contribution in [2.45, 2.75) is 258 Å². The summed E-state index contributed by atoms with van der Waals surface area (Å²) in [4.78, 5) is 38.0. The zero-order chi connectivity index (χ0) is 47.2. The van der Waals surface area contributed by atoms with E-state index in [-0.39, 0.29) is 37.5 Å². The average molecular weight is 905 g/mol. The maximum Gasteiger partial charge on any atom is 0.306 e. The lowest BCUT2D eigenvalue weighted by molar-refractivity contribution is -0.167. The maximum atomic E-state index is 12.8. The van der Waals surface area contributed by atoms with Crippen LogP contribution in [0.3, 0.4) is 0 Å². The Morgan fingerprint density at radius 1 is 0.323 bits per heavy atom. The molecule has 0 heterocycles. The zero-order valence-electron chi connectivity index (χ0n) is 42.5. The highest BCUT2D eigenvalue weighted by molar-refractivity contribution is 5.71. The van der Waals surface area contributed by atoms with Crippen LogP contribution >= 0.6 is 0 Å². The fourth-order valence-electron chi connectivity index (χ4n) is 7.33. The van der Waals surface area contributed by atoms with Gasteiger partial charge >= 0.3 is 17.9 Å². The van der Waals surface area contributed by atoms with Crippen LogP contribution in [-0.2, 0) is 28.6 Å². The summed E-state index contributed by atoms with van der Waals surface area (Å²) in [6.07, 6.45) is 68.5. The summed E-state index contributed by atoms with van der Waals surface area (Å²) in [6, 6.07) is 0. The molecular formula is C59H100O6. The van der Waals surface area contributed by atoms with Crippen molar-refractivity contribution in [2.24, 2.45) is 0 Å². The minimum absolute atomic E-state index is 0.0970. The molecule has 0 unspecified atom stereocenters. The standard InChI is InChI=1S/C59H100O6/c1-4-7-10-13-16-19-22-25-27-29-31-34-36-39-42-45-48-51-57(60)63-54-56(65-59(62)53-50-47-44-41-38-33-24-21-18-15-12-9-6-3)55-64-58(61)52-49-46-43-40-37-35-32-30-28-26-23-20-17-14-11-8-5-2/h7,10,16-17,19-20,25-28,31,34,39,42,56H,4-6,8-9,11-15,18,21-24,29-30,32-33,35-38,40-41,43-55H2,1-3H3/b10-7-,19-16-,20-17-,27-25-,28-26-,34-31-,42-39-/t56-/m1/s1. The number of unbranched alkanes of at least 4 members (excludes halogenated alkanes) is 23. The fraction of sp³-hybridized carbons (Fsp3) is 0.712. The Balaban J connectivity index is 4.46. The molecule has 0 bridgehead atoms. The van der Waals surface area contributed by atoms with Crippen LogP contribution in [-0.4, -0.2) is 37.2 Å². The largest absolute Gasteiger partial charge is 0.462 e. The van der Waals surface area contributed by atoms with Crippen LogP contribution in [0.15, 0.2) is 85.1 Å². The van der Waals surface area contributed by atoms with Crippen LogP contribution in [0.1, 0.15) is 252 Å². The highest BCUT2D eigenvalue weighted by Gasteiger charge is 2.19. The molecule has 0 aliphatic rings. The molecule has 0 saturated carbocycles. The molecule has 0 amide bonds. The highest BCUT2D eigenvalue weighted by atomic mass is 16.6. The van der Waals surface area contributed by atoms with Crippen LogP contribution in [0.2, 0.25) is 0 Å². The highest BCUT2D eigenvalue weighted by Crippen LogP contribution is 2.15. The number of carbonyl (C=O) groups excluding carboxylic acids is 3. The van der Waals surface area contributed by atoms with Crippen molar-refractivity contribution >= 4 is 17.9 Å². The summed E-state index contributed by atoms with van der Waals surface area (Å²) in [5, 5.41) is 0. The van der Waals surface area contributed by atoms with Crippen LogP contribution in [0.4, 0.5) is 0 Å². The van der Waals surface area contributed by atoms with Crippen molar-refractivity contribution in [3.63, 3.8) is 0 Å². The number of carbonyl (C=O) groups is 3. The van der Waals surface area contributed by atoms with Gasteiger partial charge in [0.05, 0.1) is 0 Å². The molecule has 0 N–H and O–H groups in total. The van der Waals surface area contributed by atoms with Gasteiger partial charge in [-0.1, -0.05) is 228 Å². The molecule has 0 rings (SSSR count). The molecule has 0 aromatic rings. The summed E-state index contributed by atoms with van der Waals surface area (Å²) in [6.45, 7) is 6.45. The van der Waals surface area contributed by atoms with E-state index in [1.54, 1.807) is 0 Å². The Kier molecular flexibility index (Phi) is 50.4. The van der Waals surface area contributed by atoms with E-state index >= 15 is 0 Å². The summed E-state index contributed by atoms with van der Waals surface area (Å²) < 4.78 is 16.8. The molecule has 1 atom stereocenters. The lowest BCUT2D eigenvalue weighted by Gasteiger charge is -2.18. The first kappa shape index (κ1) is 61.6. The van der Waals surface area contributed by atoms with Crippen molar-refractivity contribution in [3.8, 4) is 0 Å². The maximum absolute atomic E-state index is 12.8. The van der Waals surface area contributed by atoms with E-state index in [0.29, 0.717) is 19.3 Å². The van der Waals surface area contributed by atoms with Crippen LogP contribution in [0, 0.1) is 0 Å². The topological polar surface area (TPSA) is 78.9 Å². The second-order valence-electron chi connectivity index (χ2n) is 17.8. The van der Waals surface area contributed by atoms with Crippen molar-refractivity contribution in [3.05, 3.63) is 85.1 Å². The Bertz CT molecular complexity index is 1270. The Labute approximate surface area is 401 Å². The van der Waals surface area contributed by atoms with Gasteiger partial charge in [-0.05, 0) is 89.9 Å². The Hall–Kier alpha value is -3.41.